The average molecular weight is 403 g/mol. The number of hydrogen-bond donors (Lipinski definition) is 2. The van der Waals surface area contributed by atoms with Gasteiger partial charge in [-0.15, -0.1) is 0 Å². The van der Waals surface area contributed by atoms with Crippen molar-refractivity contribution in [2.24, 2.45) is 5.92 Å². The third-order valence-corrected chi connectivity index (χ3v) is 6.07. The number of benzene rings is 1. The molecule has 0 aliphatic carbocycles. The Bertz CT molecular complexity index is 641. The van der Waals surface area contributed by atoms with Crippen molar-refractivity contribution < 1.29 is 14.3 Å². The van der Waals surface area contributed by atoms with Crippen LogP contribution in [0.15, 0.2) is 30.3 Å². The molecule has 0 radical (unpaired) electrons. The number of piperidine rings is 1. The highest BCUT2D eigenvalue weighted by molar-refractivity contribution is 5.96. The van der Waals surface area contributed by atoms with Crippen LogP contribution in [0.25, 0.3) is 0 Å². The van der Waals surface area contributed by atoms with E-state index in [1.807, 2.05) is 37.3 Å². The molecule has 1 aromatic carbocycles. The van der Waals surface area contributed by atoms with E-state index in [2.05, 4.69) is 20.4 Å². The largest absolute Gasteiger partial charge is 0.379 e. The molecular weight excluding hydrogens is 368 g/mol. The molecule has 29 heavy (non-hydrogen) atoms. The quantitative estimate of drug-likeness (QED) is 0.728. The fraction of sp³-hybridized carbons (Fsp3) is 0.636. The number of likely N-dealkylation sites (tertiary alicyclic amines) is 1. The summed E-state index contributed by atoms with van der Waals surface area (Å²) in [5.74, 6) is 0.487. The van der Waals surface area contributed by atoms with Crippen molar-refractivity contribution in [1.82, 2.24) is 20.4 Å². The Balaban J connectivity index is 1.33. The zero-order chi connectivity index (χ0) is 20.5. The second-order valence-corrected chi connectivity index (χ2v) is 8.06. The van der Waals surface area contributed by atoms with E-state index >= 15 is 0 Å². The van der Waals surface area contributed by atoms with E-state index in [0.29, 0.717) is 6.54 Å². The highest BCUT2D eigenvalue weighted by Crippen LogP contribution is 2.22. The van der Waals surface area contributed by atoms with Crippen LogP contribution in [0.2, 0.25) is 0 Å². The molecule has 2 saturated heterocycles. The summed E-state index contributed by atoms with van der Waals surface area (Å²) in [6.07, 6.45) is 3.45. The number of carbonyl (C=O) groups excluding carboxylic acids is 2. The monoisotopic (exact) mass is 402 g/mol. The topological polar surface area (TPSA) is 73.9 Å². The van der Waals surface area contributed by atoms with Crippen LogP contribution in [0, 0.1) is 5.92 Å². The number of morpholine rings is 1. The van der Waals surface area contributed by atoms with Crippen LogP contribution >= 0.6 is 0 Å². The van der Waals surface area contributed by atoms with E-state index in [1.165, 1.54) is 6.42 Å². The number of hydrogen-bond acceptors (Lipinski definition) is 5. The molecule has 1 aromatic rings. The van der Waals surface area contributed by atoms with E-state index in [-0.39, 0.29) is 11.9 Å². The molecule has 1 atom stereocenters. The number of rotatable bonds is 7. The van der Waals surface area contributed by atoms with Crippen molar-refractivity contribution in [3.8, 4) is 0 Å². The van der Waals surface area contributed by atoms with Crippen molar-refractivity contribution >= 4 is 11.9 Å². The first-order valence-corrected chi connectivity index (χ1v) is 10.8. The highest BCUT2D eigenvalue weighted by atomic mass is 16.5. The van der Waals surface area contributed by atoms with Crippen LogP contribution in [0.3, 0.4) is 0 Å². The lowest BCUT2D eigenvalue weighted by Gasteiger charge is -2.36. The predicted octanol–water partition coefficient (Wildman–Crippen LogP) is 1.84. The first kappa shape index (κ1) is 21.7. The SMILES string of the molecule is CC(C(=O)NC(=O)NCc1ccccc1)N1CCC(CCN2CCOCC2)CC1. The molecule has 1 unspecified atom stereocenters. The third-order valence-electron chi connectivity index (χ3n) is 6.07. The molecule has 3 amide bonds. The Morgan fingerprint density at radius 2 is 1.79 bits per heavy atom. The van der Waals surface area contributed by atoms with Gasteiger partial charge in [-0.05, 0) is 57.3 Å². The van der Waals surface area contributed by atoms with E-state index < -0.39 is 6.03 Å². The van der Waals surface area contributed by atoms with Crippen molar-refractivity contribution in [1.29, 1.82) is 0 Å². The molecule has 7 nitrogen and oxygen atoms in total. The van der Waals surface area contributed by atoms with Gasteiger partial charge in [0.15, 0.2) is 0 Å². The van der Waals surface area contributed by atoms with Crippen molar-refractivity contribution in [2.75, 3.05) is 45.9 Å². The van der Waals surface area contributed by atoms with Gasteiger partial charge in [-0.25, -0.2) is 4.79 Å². The Morgan fingerprint density at radius 3 is 2.48 bits per heavy atom. The molecule has 0 aromatic heterocycles. The first-order valence-electron chi connectivity index (χ1n) is 10.8. The summed E-state index contributed by atoms with van der Waals surface area (Å²) >= 11 is 0. The molecule has 2 N–H and O–H groups in total. The van der Waals surface area contributed by atoms with Gasteiger partial charge in [0.25, 0.3) is 0 Å². The lowest BCUT2D eigenvalue weighted by molar-refractivity contribution is -0.125. The maximum Gasteiger partial charge on any atom is 0.321 e. The Kier molecular flexibility index (Phi) is 8.46. The summed E-state index contributed by atoms with van der Waals surface area (Å²) in [6, 6.07) is 8.92. The summed E-state index contributed by atoms with van der Waals surface area (Å²) < 4.78 is 5.40. The van der Waals surface area contributed by atoms with Crippen LogP contribution in [-0.4, -0.2) is 73.7 Å². The van der Waals surface area contributed by atoms with Crippen molar-refractivity contribution in [2.45, 2.75) is 38.8 Å². The van der Waals surface area contributed by atoms with Crippen LogP contribution in [0.1, 0.15) is 31.7 Å². The molecular formula is C22H34N4O3. The van der Waals surface area contributed by atoms with Gasteiger partial charge in [-0.1, -0.05) is 30.3 Å². The molecule has 2 fully saturated rings. The molecule has 3 rings (SSSR count). The fourth-order valence-electron chi connectivity index (χ4n) is 4.02. The summed E-state index contributed by atoms with van der Waals surface area (Å²) in [6.45, 7) is 9.04. The van der Waals surface area contributed by atoms with Crippen LogP contribution in [0.4, 0.5) is 4.79 Å². The molecule has 160 valence electrons. The fourth-order valence-corrected chi connectivity index (χ4v) is 4.02. The molecule has 7 heteroatoms. The number of nitrogens with one attached hydrogen (secondary N) is 2. The van der Waals surface area contributed by atoms with E-state index in [9.17, 15) is 9.59 Å². The summed E-state index contributed by atoms with van der Waals surface area (Å²) in [5.41, 5.74) is 1.00. The normalized spacial score (nSPS) is 20.2. The number of amides is 3. The summed E-state index contributed by atoms with van der Waals surface area (Å²) in [7, 11) is 0. The summed E-state index contributed by atoms with van der Waals surface area (Å²) in [4.78, 5) is 29.1. The number of ether oxygens (including phenoxy) is 1. The zero-order valence-corrected chi connectivity index (χ0v) is 17.4. The van der Waals surface area contributed by atoms with Gasteiger partial charge < -0.3 is 10.1 Å². The molecule has 0 bridgehead atoms. The van der Waals surface area contributed by atoms with Crippen LogP contribution in [-0.2, 0) is 16.1 Å². The van der Waals surface area contributed by atoms with Gasteiger partial charge in [-0.2, -0.15) is 0 Å². The van der Waals surface area contributed by atoms with Crippen LogP contribution < -0.4 is 10.6 Å². The minimum absolute atomic E-state index is 0.234. The van der Waals surface area contributed by atoms with Gasteiger partial charge >= 0.3 is 6.03 Å². The van der Waals surface area contributed by atoms with E-state index in [1.54, 1.807) is 0 Å². The molecule has 2 heterocycles. The van der Waals surface area contributed by atoms with Crippen molar-refractivity contribution in [3.05, 3.63) is 35.9 Å². The maximum absolute atomic E-state index is 12.4. The Labute approximate surface area is 173 Å². The summed E-state index contributed by atoms with van der Waals surface area (Å²) in [5, 5.41) is 5.22. The van der Waals surface area contributed by atoms with E-state index in [0.717, 1.165) is 70.3 Å². The number of urea groups is 1. The predicted molar refractivity (Wildman–Crippen MR) is 112 cm³/mol. The molecule has 2 aliphatic heterocycles. The zero-order valence-electron chi connectivity index (χ0n) is 17.4. The second kappa shape index (κ2) is 11.3. The van der Waals surface area contributed by atoms with E-state index in [4.69, 9.17) is 4.74 Å². The van der Waals surface area contributed by atoms with Crippen LogP contribution in [0.5, 0.6) is 0 Å². The van der Waals surface area contributed by atoms with Gasteiger partial charge in [0, 0.05) is 19.6 Å². The lowest BCUT2D eigenvalue weighted by atomic mass is 9.92. The Morgan fingerprint density at radius 1 is 1.10 bits per heavy atom. The average Bonchev–Trinajstić information content (AvgIpc) is 2.77. The highest BCUT2D eigenvalue weighted by Gasteiger charge is 2.27. The minimum atomic E-state index is -0.439. The number of carbonyl (C=O) groups is 2. The molecule has 0 spiro atoms. The maximum atomic E-state index is 12.4. The van der Waals surface area contributed by atoms with Gasteiger partial charge in [0.05, 0.1) is 19.3 Å². The molecule has 0 saturated carbocycles. The molecule has 2 aliphatic rings. The lowest BCUT2D eigenvalue weighted by Crippen LogP contribution is -2.51. The third kappa shape index (κ3) is 7.10. The Hall–Kier alpha value is -1.96. The van der Waals surface area contributed by atoms with Gasteiger partial charge in [-0.3, -0.25) is 19.9 Å². The second-order valence-electron chi connectivity index (χ2n) is 8.06. The number of imide groups is 1. The van der Waals surface area contributed by atoms with Gasteiger partial charge in [0.1, 0.15) is 0 Å². The van der Waals surface area contributed by atoms with Crippen molar-refractivity contribution in [3.63, 3.8) is 0 Å². The van der Waals surface area contributed by atoms with Gasteiger partial charge in [0.2, 0.25) is 5.91 Å². The minimum Gasteiger partial charge on any atom is -0.379 e. The smallest absolute Gasteiger partial charge is 0.321 e. The standard InChI is InChI=1S/C22H34N4O3/c1-18(21(27)24-22(28)23-17-20-5-3-2-4-6-20)26-11-8-19(9-12-26)7-10-25-13-15-29-16-14-25/h2-6,18-19H,7-17H2,1H3,(H2,23,24,27,28). The first-order chi connectivity index (χ1) is 14.1. The number of nitrogens with zero attached hydrogens (tertiary/aromatic N) is 2.